The smallest absolute Gasteiger partial charge is 0.416 e. The molecule has 1 amide bonds. The van der Waals surface area contributed by atoms with E-state index in [0.29, 0.717) is 0 Å². The fourth-order valence-electron chi connectivity index (χ4n) is 1.51. The minimum absolute atomic E-state index is 0.371. The van der Waals surface area contributed by atoms with Crippen LogP contribution in [0.2, 0.25) is 0 Å². The molecule has 5 nitrogen and oxygen atoms in total. The predicted octanol–water partition coefficient (Wildman–Crippen LogP) is 2.24. The second-order valence-corrected chi connectivity index (χ2v) is 5.08. The van der Waals surface area contributed by atoms with Crippen molar-refractivity contribution in [2.24, 2.45) is 5.92 Å². The van der Waals surface area contributed by atoms with E-state index in [1.165, 1.54) is 22.9 Å². The molecule has 2 heterocycles. The largest absolute Gasteiger partial charge is 0.434 e. The number of ether oxygens (including phenoxy) is 2. The summed E-state index contributed by atoms with van der Waals surface area (Å²) in [7, 11) is 0. The standard InChI is InChI=1S/C10H10ClNO4S/c1-6(11)16-10(14)12-3-5-17-8(12)7-2-4-15-9(7)13/h2-8H,1H3. The molecular formula is C10H10ClNO4S. The van der Waals surface area contributed by atoms with Crippen LogP contribution in [0, 0.1) is 5.92 Å². The zero-order valence-corrected chi connectivity index (χ0v) is 10.5. The Balaban J connectivity index is 2.06. The summed E-state index contributed by atoms with van der Waals surface area (Å²) in [5, 5.41) is 1.36. The van der Waals surface area contributed by atoms with E-state index < -0.39 is 17.6 Å². The summed E-state index contributed by atoms with van der Waals surface area (Å²) >= 11 is 6.94. The molecule has 17 heavy (non-hydrogen) atoms. The van der Waals surface area contributed by atoms with Crippen molar-refractivity contribution in [1.82, 2.24) is 4.90 Å². The summed E-state index contributed by atoms with van der Waals surface area (Å²) in [6, 6.07) is 0. The minimum Gasteiger partial charge on any atom is -0.434 e. The van der Waals surface area contributed by atoms with Crippen molar-refractivity contribution < 1.29 is 19.1 Å². The molecule has 0 saturated heterocycles. The number of cyclic esters (lactones) is 1. The third-order valence-electron chi connectivity index (χ3n) is 2.24. The number of alkyl halides is 1. The predicted molar refractivity (Wildman–Crippen MR) is 62.9 cm³/mol. The maximum atomic E-state index is 11.7. The lowest BCUT2D eigenvalue weighted by Gasteiger charge is -2.24. The van der Waals surface area contributed by atoms with Gasteiger partial charge < -0.3 is 9.47 Å². The number of esters is 1. The molecule has 3 unspecified atom stereocenters. The Bertz CT molecular complexity index is 396. The molecule has 0 fully saturated rings. The van der Waals surface area contributed by atoms with Crippen LogP contribution >= 0.6 is 23.4 Å². The van der Waals surface area contributed by atoms with Gasteiger partial charge in [-0.25, -0.2) is 4.79 Å². The first-order chi connectivity index (χ1) is 8.09. The first kappa shape index (κ1) is 12.3. The average molecular weight is 276 g/mol. The molecule has 92 valence electrons. The van der Waals surface area contributed by atoms with Crippen molar-refractivity contribution in [3.05, 3.63) is 23.9 Å². The van der Waals surface area contributed by atoms with Gasteiger partial charge in [-0.2, -0.15) is 0 Å². The molecule has 3 atom stereocenters. The fourth-order valence-corrected chi connectivity index (χ4v) is 2.61. The number of rotatable bonds is 2. The maximum absolute atomic E-state index is 11.7. The van der Waals surface area contributed by atoms with Gasteiger partial charge in [0.25, 0.3) is 0 Å². The highest BCUT2D eigenvalue weighted by molar-refractivity contribution is 8.03. The summed E-state index contributed by atoms with van der Waals surface area (Å²) in [5.41, 5.74) is -0.715. The Morgan fingerprint density at radius 1 is 1.71 bits per heavy atom. The van der Waals surface area contributed by atoms with Crippen LogP contribution in [0.4, 0.5) is 4.79 Å². The molecule has 0 spiro atoms. The lowest BCUT2D eigenvalue weighted by Crippen LogP contribution is -2.39. The van der Waals surface area contributed by atoms with Gasteiger partial charge in [-0.3, -0.25) is 9.69 Å². The number of halogens is 1. The number of amides is 1. The molecule has 0 aromatic carbocycles. The van der Waals surface area contributed by atoms with Crippen LogP contribution in [-0.4, -0.2) is 27.9 Å². The highest BCUT2D eigenvalue weighted by Crippen LogP contribution is 2.34. The van der Waals surface area contributed by atoms with E-state index in [1.807, 2.05) is 0 Å². The Kier molecular flexibility index (Phi) is 3.63. The van der Waals surface area contributed by atoms with Crippen LogP contribution < -0.4 is 0 Å². The summed E-state index contributed by atoms with van der Waals surface area (Å²) < 4.78 is 9.59. The van der Waals surface area contributed by atoms with Crippen molar-refractivity contribution in [3.63, 3.8) is 0 Å². The average Bonchev–Trinajstić information content (AvgIpc) is 2.83. The zero-order valence-electron chi connectivity index (χ0n) is 8.91. The van der Waals surface area contributed by atoms with Gasteiger partial charge in [0.2, 0.25) is 0 Å². The molecule has 0 bridgehead atoms. The Morgan fingerprint density at radius 2 is 2.47 bits per heavy atom. The lowest BCUT2D eigenvalue weighted by atomic mass is 10.1. The van der Waals surface area contributed by atoms with E-state index in [2.05, 4.69) is 0 Å². The Morgan fingerprint density at radius 3 is 3.06 bits per heavy atom. The van der Waals surface area contributed by atoms with Crippen LogP contribution in [-0.2, 0) is 14.3 Å². The van der Waals surface area contributed by atoms with Crippen molar-refractivity contribution in [1.29, 1.82) is 0 Å². The number of nitrogens with zero attached hydrogens (tertiary/aromatic N) is 1. The minimum atomic E-state index is -0.715. The van der Waals surface area contributed by atoms with Gasteiger partial charge in [-0.15, -0.1) is 11.8 Å². The summed E-state index contributed by atoms with van der Waals surface area (Å²) in [4.78, 5) is 24.5. The van der Waals surface area contributed by atoms with Gasteiger partial charge >= 0.3 is 12.1 Å². The number of hydrogen-bond acceptors (Lipinski definition) is 5. The summed E-state index contributed by atoms with van der Waals surface area (Å²) in [6.07, 6.45) is 3.94. The van der Waals surface area contributed by atoms with Gasteiger partial charge in [-0.1, -0.05) is 11.6 Å². The molecule has 0 N–H and O–H groups in total. The van der Waals surface area contributed by atoms with Gasteiger partial charge in [-0.05, 0) is 18.4 Å². The molecule has 7 heteroatoms. The van der Waals surface area contributed by atoms with Crippen LogP contribution in [0.3, 0.4) is 0 Å². The van der Waals surface area contributed by atoms with Crippen molar-refractivity contribution in [2.75, 3.05) is 0 Å². The number of carbonyl (C=O) groups excluding carboxylic acids is 2. The van der Waals surface area contributed by atoms with Crippen LogP contribution in [0.25, 0.3) is 0 Å². The number of hydrogen-bond donors (Lipinski definition) is 0. The van der Waals surface area contributed by atoms with Gasteiger partial charge in [0.15, 0.2) is 5.56 Å². The Hall–Kier alpha value is -1.14. The van der Waals surface area contributed by atoms with Crippen molar-refractivity contribution in [2.45, 2.75) is 17.9 Å². The zero-order chi connectivity index (χ0) is 12.4. The SMILES string of the molecule is CC(Cl)OC(=O)N1C=CSC1C1C=COC1=O. The van der Waals surface area contributed by atoms with Gasteiger partial charge in [0.1, 0.15) is 11.3 Å². The number of thioether (sulfide) groups is 1. The molecule has 2 aliphatic rings. The highest BCUT2D eigenvalue weighted by Gasteiger charge is 2.39. The van der Waals surface area contributed by atoms with Gasteiger partial charge in [0, 0.05) is 6.20 Å². The molecule has 0 aliphatic carbocycles. The normalized spacial score (nSPS) is 28.4. The van der Waals surface area contributed by atoms with E-state index in [9.17, 15) is 9.59 Å². The molecule has 0 radical (unpaired) electrons. The third kappa shape index (κ3) is 2.58. The highest BCUT2D eigenvalue weighted by atomic mass is 35.5. The summed E-state index contributed by atoms with van der Waals surface area (Å²) in [6.45, 7) is 1.55. The van der Waals surface area contributed by atoms with Gasteiger partial charge in [0.05, 0.1) is 6.26 Å². The second kappa shape index (κ2) is 5.01. The van der Waals surface area contributed by atoms with Crippen LogP contribution in [0.15, 0.2) is 23.9 Å². The van der Waals surface area contributed by atoms with E-state index >= 15 is 0 Å². The fraction of sp³-hybridized carbons (Fsp3) is 0.400. The molecular weight excluding hydrogens is 266 g/mol. The molecule has 0 aromatic heterocycles. The first-order valence-electron chi connectivity index (χ1n) is 4.92. The number of carbonyl (C=O) groups is 2. The Labute approximate surface area is 107 Å². The van der Waals surface area contributed by atoms with Crippen LogP contribution in [0.1, 0.15) is 6.92 Å². The summed E-state index contributed by atoms with van der Waals surface area (Å²) in [5.74, 6) is -0.851. The van der Waals surface area contributed by atoms with E-state index in [-0.39, 0.29) is 11.3 Å². The topological polar surface area (TPSA) is 55.8 Å². The molecule has 2 rings (SSSR count). The third-order valence-corrected chi connectivity index (χ3v) is 3.40. The second-order valence-electron chi connectivity index (χ2n) is 3.44. The van der Waals surface area contributed by atoms with E-state index in [0.717, 1.165) is 0 Å². The lowest BCUT2D eigenvalue weighted by molar-refractivity contribution is -0.139. The van der Waals surface area contributed by atoms with Crippen molar-refractivity contribution in [3.8, 4) is 0 Å². The molecule has 0 aromatic rings. The quantitative estimate of drug-likeness (QED) is 0.571. The maximum Gasteiger partial charge on any atom is 0.416 e. The van der Waals surface area contributed by atoms with E-state index in [4.69, 9.17) is 21.1 Å². The van der Waals surface area contributed by atoms with E-state index in [1.54, 1.807) is 24.6 Å². The molecule has 0 saturated carbocycles. The van der Waals surface area contributed by atoms with Crippen molar-refractivity contribution >= 4 is 35.4 Å². The monoisotopic (exact) mass is 275 g/mol. The van der Waals surface area contributed by atoms with Crippen LogP contribution in [0.5, 0.6) is 0 Å². The molecule has 2 aliphatic heterocycles. The first-order valence-corrected chi connectivity index (χ1v) is 6.30.